The van der Waals surface area contributed by atoms with E-state index >= 15 is 0 Å². The van der Waals surface area contributed by atoms with E-state index in [-0.39, 0.29) is 35.6 Å². The van der Waals surface area contributed by atoms with Crippen LogP contribution in [-0.4, -0.2) is 42.0 Å². The minimum Gasteiger partial charge on any atom is -0.393 e. The van der Waals surface area contributed by atoms with E-state index in [4.69, 9.17) is 4.55 Å². The molecule has 0 radical (unpaired) electrons. The number of hydrogen-bond acceptors (Lipinski definition) is 5. The molecule has 11 atom stereocenters. The molecule has 0 amide bonds. The fourth-order valence-corrected chi connectivity index (χ4v) is 10.0. The molecule has 0 spiro atoms. The van der Waals surface area contributed by atoms with E-state index in [0.29, 0.717) is 41.9 Å². The van der Waals surface area contributed by atoms with Crippen LogP contribution in [0.3, 0.4) is 0 Å². The second-order valence-corrected chi connectivity index (χ2v) is 13.6. The minimum absolute atomic E-state index is 0.0310. The predicted octanol–water partition coefficient (Wildman–Crippen LogP) is 4.85. The topological polar surface area (TPSA) is 104 Å². The maximum Gasteiger partial charge on any atom is 0.397 e. The Morgan fingerprint density at radius 2 is 1.67 bits per heavy atom. The van der Waals surface area contributed by atoms with Gasteiger partial charge in [0.05, 0.1) is 18.8 Å². The molecule has 4 unspecified atom stereocenters. The summed E-state index contributed by atoms with van der Waals surface area (Å²) in [5, 5.41) is 22.2. The fourth-order valence-electron chi connectivity index (χ4n) is 9.70. The van der Waals surface area contributed by atoms with Crippen molar-refractivity contribution >= 4 is 10.4 Å². The summed E-state index contributed by atoms with van der Waals surface area (Å²) in [6, 6.07) is 0. The second-order valence-electron chi connectivity index (χ2n) is 12.5. The quantitative estimate of drug-likeness (QED) is 0.351. The Kier molecular flexibility index (Phi) is 7.33. The van der Waals surface area contributed by atoms with Gasteiger partial charge in [0.25, 0.3) is 0 Å². The van der Waals surface area contributed by atoms with Gasteiger partial charge in [-0.2, -0.15) is 8.42 Å². The molecule has 33 heavy (non-hydrogen) atoms. The Balaban J connectivity index is 1.51. The molecule has 6 nitrogen and oxygen atoms in total. The monoisotopic (exact) mass is 486 g/mol. The molecule has 7 heteroatoms. The highest BCUT2D eigenvalue weighted by Gasteiger charge is 2.64. The lowest BCUT2D eigenvalue weighted by molar-refractivity contribution is -0.203. The summed E-state index contributed by atoms with van der Waals surface area (Å²) in [4.78, 5) is 0. The molecule has 0 aromatic rings. The molecule has 0 bridgehead atoms. The highest BCUT2D eigenvalue weighted by molar-refractivity contribution is 7.80. The SMILES string of the molecule is CC[C@H]1C(O)C2C3CC[C@H]([C@H](C)CCCOS(=O)(=O)O)[C@@]3(C)CCC2[C@@]2(C)CC[C@@H](O)C[C@@H]12. The van der Waals surface area contributed by atoms with Crippen LogP contribution >= 0.6 is 0 Å². The fraction of sp³-hybridized carbons (Fsp3) is 1.00. The van der Waals surface area contributed by atoms with Crippen LogP contribution in [-0.2, 0) is 14.6 Å². The van der Waals surface area contributed by atoms with Crippen LogP contribution in [0.25, 0.3) is 0 Å². The first-order valence-electron chi connectivity index (χ1n) is 13.4. The van der Waals surface area contributed by atoms with Crippen LogP contribution in [0.5, 0.6) is 0 Å². The van der Waals surface area contributed by atoms with Crippen molar-refractivity contribution in [2.45, 2.75) is 104 Å². The average Bonchev–Trinajstić information content (AvgIpc) is 3.09. The van der Waals surface area contributed by atoms with Crippen molar-refractivity contribution in [1.29, 1.82) is 0 Å². The van der Waals surface area contributed by atoms with Crippen LogP contribution in [0.4, 0.5) is 0 Å². The van der Waals surface area contributed by atoms with E-state index in [2.05, 4.69) is 31.9 Å². The van der Waals surface area contributed by atoms with Crippen LogP contribution in [0.15, 0.2) is 0 Å². The smallest absolute Gasteiger partial charge is 0.393 e. The summed E-state index contributed by atoms with van der Waals surface area (Å²) >= 11 is 0. The molecule has 0 saturated heterocycles. The lowest BCUT2D eigenvalue weighted by Crippen LogP contribution is -2.62. The minimum atomic E-state index is -4.36. The number of hydrogen-bond donors (Lipinski definition) is 3. The largest absolute Gasteiger partial charge is 0.397 e. The average molecular weight is 487 g/mol. The number of rotatable bonds is 7. The van der Waals surface area contributed by atoms with Gasteiger partial charge >= 0.3 is 10.4 Å². The number of aliphatic hydroxyl groups excluding tert-OH is 2. The normalized spacial score (nSPS) is 48.6. The van der Waals surface area contributed by atoms with E-state index in [1.807, 2.05) is 0 Å². The van der Waals surface area contributed by atoms with Gasteiger partial charge in [-0.3, -0.25) is 4.55 Å². The van der Waals surface area contributed by atoms with E-state index in [0.717, 1.165) is 32.1 Å². The molecule has 3 N–H and O–H groups in total. The third kappa shape index (κ3) is 4.54. The van der Waals surface area contributed by atoms with E-state index in [1.165, 1.54) is 25.7 Å². The highest BCUT2D eigenvalue weighted by atomic mass is 32.3. The zero-order valence-electron chi connectivity index (χ0n) is 20.9. The highest BCUT2D eigenvalue weighted by Crippen LogP contribution is 2.69. The Labute approximate surface area is 200 Å². The lowest BCUT2D eigenvalue weighted by Gasteiger charge is -2.64. The van der Waals surface area contributed by atoms with Crippen molar-refractivity contribution in [3.8, 4) is 0 Å². The summed E-state index contributed by atoms with van der Waals surface area (Å²) in [5.74, 6) is 3.16. The molecular weight excluding hydrogens is 440 g/mol. The maximum atomic E-state index is 11.8. The Hall–Kier alpha value is -0.210. The van der Waals surface area contributed by atoms with Crippen molar-refractivity contribution in [3.63, 3.8) is 0 Å². The molecule has 4 saturated carbocycles. The number of aliphatic hydroxyl groups is 2. The van der Waals surface area contributed by atoms with Crippen LogP contribution in [0, 0.1) is 52.3 Å². The van der Waals surface area contributed by atoms with Crippen molar-refractivity contribution in [3.05, 3.63) is 0 Å². The second kappa shape index (κ2) is 9.34. The first kappa shape index (κ1) is 25.9. The summed E-state index contributed by atoms with van der Waals surface area (Å²) in [6.07, 6.45) is 9.54. The van der Waals surface area contributed by atoms with Crippen molar-refractivity contribution in [2.24, 2.45) is 52.3 Å². The van der Waals surface area contributed by atoms with Gasteiger partial charge in [-0.05, 0) is 110 Å². The van der Waals surface area contributed by atoms with Crippen molar-refractivity contribution in [2.75, 3.05) is 6.61 Å². The van der Waals surface area contributed by atoms with Gasteiger partial charge in [0.15, 0.2) is 0 Å². The third-order valence-electron chi connectivity index (χ3n) is 11.2. The standard InChI is InChI=1S/C26H46O6S/c1-5-18-22-15-17(27)10-12-26(22,4)21-11-13-25(3)19(8-9-20(25)23(21)24(18)28)16(2)7-6-14-32-33(29,30)31/h16-24,27-28H,5-15H2,1-4H3,(H,29,30,31)/t16-,17-,18-,19-,20?,21?,22+,23?,24?,25-,26-/m1/s1. The van der Waals surface area contributed by atoms with Gasteiger partial charge in [-0.15, -0.1) is 0 Å². The van der Waals surface area contributed by atoms with Gasteiger partial charge in [-0.1, -0.05) is 34.1 Å². The van der Waals surface area contributed by atoms with Crippen LogP contribution in [0.1, 0.15) is 91.9 Å². The third-order valence-corrected chi connectivity index (χ3v) is 11.7. The molecule has 4 aliphatic rings. The van der Waals surface area contributed by atoms with E-state index < -0.39 is 10.4 Å². The molecule has 0 aliphatic heterocycles. The molecule has 0 aromatic carbocycles. The summed E-state index contributed by atoms with van der Waals surface area (Å²) < 4.78 is 35.0. The first-order chi connectivity index (χ1) is 15.4. The van der Waals surface area contributed by atoms with Gasteiger partial charge in [0.2, 0.25) is 0 Å². The number of fused-ring (bicyclic) bond motifs is 5. The Morgan fingerprint density at radius 3 is 2.33 bits per heavy atom. The molecule has 0 aromatic heterocycles. The van der Waals surface area contributed by atoms with Gasteiger partial charge in [0.1, 0.15) is 0 Å². The maximum absolute atomic E-state index is 11.8. The molecule has 192 valence electrons. The van der Waals surface area contributed by atoms with Crippen molar-refractivity contribution < 1.29 is 27.4 Å². The molecule has 4 rings (SSSR count). The lowest BCUT2D eigenvalue weighted by atomic mass is 9.41. The first-order valence-corrected chi connectivity index (χ1v) is 14.8. The van der Waals surface area contributed by atoms with Gasteiger partial charge in [0, 0.05) is 0 Å². The zero-order valence-corrected chi connectivity index (χ0v) is 21.8. The van der Waals surface area contributed by atoms with Crippen LogP contribution < -0.4 is 0 Å². The van der Waals surface area contributed by atoms with Gasteiger partial charge in [-0.25, -0.2) is 4.18 Å². The van der Waals surface area contributed by atoms with Crippen molar-refractivity contribution in [1.82, 2.24) is 0 Å². The Bertz CT molecular complexity index is 801. The molecule has 4 aliphatic carbocycles. The van der Waals surface area contributed by atoms with E-state index in [9.17, 15) is 18.6 Å². The van der Waals surface area contributed by atoms with E-state index in [1.54, 1.807) is 0 Å². The summed E-state index contributed by atoms with van der Waals surface area (Å²) in [5.41, 5.74) is 0.434. The van der Waals surface area contributed by atoms with Gasteiger partial charge < -0.3 is 10.2 Å². The summed E-state index contributed by atoms with van der Waals surface area (Å²) in [6.45, 7) is 9.46. The Morgan fingerprint density at radius 1 is 1.00 bits per heavy atom. The predicted molar refractivity (Wildman–Crippen MR) is 128 cm³/mol. The zero-order chi connectivity index (χ0) is 24.2. The summed E-state index contributed by atoms with van der Waals surface area (Å²) in [7, 11) is -4.36. The molecular formula is C26H46O6S. The molecule has 4 fully saturated rings. The molecule has 0 heterocycles. The van der Waals surface area contributed by atoms with Crippen LogP contribution in [0.2, 0.25) is 0 Å².